The Kier molecular flexibility index (Phi) is 11.1. The van der Waals surface area contributed by atoms with Gasteiger partial charge in [0.25, 0.3) is 5.69 Å². The van der Waals surface area contributed by atoms with Crippen molar-refractivity contribution in [2.75, 3.05) is 0 Å². The van der Waals surface area contributed by atoms with Crippen LogP contribution < -0.4 is 4.72 Å². The summed E-state index contributed by atoms with van der Waals surface area (Å²) in [6.45, 7) is 0. The minimum atomic E-state index is -5.08. The van der Waals surface area contributed by atoms with Crippen LogP contribution in [0.2, 0.25) is 0 Å². The molecule has 0 aliphatic heterocycles. The van der Waals surface area contributed by atoms with Crippen LogP contribution >= 0.6 is 0 Å². The van der Waals surface area contributed by atoms with Crippen LogP contribution in [0, 0.1) is 10.1 Å². The van der Waals surface area contributed by atoms with Crippen molar-refractivity contribution in [3.8, 4) is 11.3 Å². The van der Waals surface area contributed by atoms with Crippen molar-refractivity contribution in [2.45, 2.75) is 49.2 Å². The van der Waals surface area contributed by atoms with Crippen molar-refractivity contribution in [2.24, 2.45) is 0 Å². The molecule has 0 aliphatic carbocycles. The standard InChI is InChI=1S/C26H26N4O6S.C2HF3O2/c31-25(32)12-3-1-2-11-23(29-37(35,36)22-10-6-9-21(16-22)30(33)34)26-27-17-24(28-26)20-14-13-18-7-4-5-8-19(18)15-20;3-2(4,5)1(6)7/h4-10,13-17,23,29H,1-3,11-12H2,(H,27,28)(H,31,32);(H,6,7)/t23-;/m0./s1. The maximum atomic E-state index is 13.1. The molecule has 4 rings (SSSR count). The van der Waals surface area contributed by atoms with Crippen LogP contribution in [0.15, 0.2) is 77.8 Å². The van der Waals surface area contributed by atoms with Gasteiger partial charge in [-0.1, -0.05) is 55.3 Å². The van der Waals surface area contributed by atoms with E-state index in [4.69, 9.17) is 15.0 Å². The Morgan fingerprint density at radius 1 is 0.977 bits per heavy atom. The molecule has 16 heteroatoms. The normalized spacial score (nSPS) is 12.2. The molecule has 1 aromatic heterocycles. The molecular weight excluding hydrogens is 609 g/mol. The molecular formula is C28H27F3N4O8S. The van der Waals surface area contributed by atoms with Crippen LogP contribution in [0.5, 0.6) is 0 Å². The fraction of sp³-hybridized carbons (Fsp3) is 0.250. The second-order valence-corrected chi connectivity index (χ2v) is 11.2. The zero-order valence-electron chi connectivity index (χ0n) is 22.8. The Balaban J connectivity index is 0.000000676. The number of imidazole rings is 1. The van der Waals surface area contributed by atoms with Gasteiger partial charge in [-0.25, -0.2) is 22.9 Å². The molecule has 0 fully saturated rings. The van der Waals surface area contributed by atoms with Crippen LogP contribution in [0.1, 0.15) is 44.0 Å². The highest BCUT2D eigenvalue weighted by Crippen LogP contribution is 2.27. The van der Waals surface area contributed by atoms with Crippen molar-refractivity contribution in [3.63, 3.8) is 0 Å². The number of benzene rings is 3. The molecule has 12 nitrogen and oxygen atoms in total. The van der Waals surface area contributed by atoms with Crippen LogP contribution in [-0.4, -0.2) is 51.6 Å². The summed E-state index contributed by atoms with van der Waals surface area (Å²) >= 11 is 0. The van der Waals surface area contributed by atoms with Gasteiger partial charge in [0.2, 0.25) is 10.0 Å². The van der Waals surface area contributed by atoms with E-state index in [0.29, 0.717) is 37.2 Å². The summed E-state index contributed by atoms with van der Waals surface area (Å²) in [7, 11) is -4.11. The van der Waals surface area contributed by atoms with Crippen LogP contribution in [0.3, 0.4) is 0 Å². The monoisotopic (exact) mass is 636 g/mol. The van der Waals surface area contributed by atoms with Gasteiger partial charge in [-0.05, 0) is 35.7 Å². The Morgan fingerprint density at radius 3 is 2.30 bits per heavy atom. The molecule has 4 aromatic rings. The summed E-state index contributed by atoms with van der Waals surface area (Å²) in [5.41, 5.74) is 1.27. The predicted octanol–water partition coefficient (Wildman–Crippen LogP) is 5.83. The molecule has 0 unspecified atom stereocenters. The number of aromatic amines is 1. The highest BCUT2D eigenvalue weighted by atomic mass is 32.2. The number of unbranched alkanes of at least 4 members (excludes halogenated alkanes) is 2. The largest absolute Gasteiger partial charge is 0.490 e. The number of hydrogen-bond donors (Lipinski definition) is 4. The van der Waals surface area contributed by atoms with E-state index in [1.165, 1.54) is 18.2 Å². The topological polar surface area (TPSA) is 193 Å². The second kappa shape index (κ2) is 14.6. The quantitative estimate of drug-likeness (QED) is 0.0841. The van der Waals surface area contributed by atoms with Gasteiger partial charge in [0.1, 0.15) is 5.82 Å². The van der Waals surface area contributed by atoms with E-state index in [1.54, 1.807) is 6.20 Å². The van der Waals surface area contributed by atoms with Gasteiger partial charge in [-0.2, -0.15) is 13.2 Å². The number of nitrogens with one attached hydrogen (secondary N) is 2. The third-order valence-corrected chi connectivity index (χ3v) is 7.72. The van der Waals surface area contributed by atoms with Gasteiger partial charge in [-0.3, -0.25) is 14.9 Å². The molecule has 0 aliphatic rings. The second-order valence-electron chi connectivity index (χ2n) is 9.47. The molecule has 4 N–H and O–H groups in total. The number of non-ortho nitro benzene ring substituents is 1. The first kappa shape index (κ1) is 33.7. The van der Waals surface area contributed by atoms with E-state index in [2.05, 4.69) is 14.7 Å². The van der Waals surface area contributed by atoms with Crippen LogP contribution in [0.4, 0.5) is 18.9 Å². The summed E-state index contributed by atoms with van der Waals surface area (Å²) in [6.07, 6.45) is -1.42. The van der Waals surface area contributed by atoms with Gasteiger partial charge in [0, 0.05) is 24.1 Å². The molecule has 1 heterocycles. The Bertz CT molecular complexity index is 1740. The number of nitro benzene ring substituents is 1. The number of sulfonamides is 1. The fourth-order valence-corrected chi connectivity index (χ4v) is 5.36. The van der Waals surface area contributed by atoms with E-state index >= 15 is 0 Å². The maximum Gasteiger partial charge on any atom is 0.490 e. The molecule has 0 spiro atoms. The number of hydrogen-bond acceptors (Lipinski definition) is 7. The van der Waals surface area contributed by atoms with E-state index in [0.717, 1.165) is 22.4 Å². The van der Waals surface area contributed by atoms with E-state index < -0.39 is 39.1 Å². The third kappa shape index (κ3) is 9.60. The summed E-state index contributed by atoms with van der Waals surface area (Å²) < 4.78 is 60.6. The molecule has 0 amide bonds. The summed E-state index contributed by atoms with van der Waals surface area (Å²) in [6, 6.07) is 18.0. The lowest BCUT2D eigenvalue weighted by molar-refractivity contribution is -0.385. The molecule has 0 bridgehead atoms. The van der Waals surface area contributed by atoms with Crippen molar-refractivity contribution in [3.05, 3.63) is 88.9 Å². The number of carboxylic acids is 2. The van der Waals surface area contributed by atoms with E-state index in [9.17, 15) is 36.5 Å². The number of carboxylic acid groups (broad SMARTS) is 2. The number of aromatic nitrogens is 2. The fourth-order valence-electron chi connectivity index (χ4n) is 4.09. The first-order chi connectivity index (χ1) is 20.7. The summed E-state index contributed by atoms with van der Waals surface area (Å²) in [5.74, 6) is -3.24. The van der Waals surface area contributed by atoms with E-state index in [1.807, 2.05) is 42.5 Å². The van der Waals surface area contributed by atoms with Crippen molar-refractivity contribution >= 4 is 38.4 Å². The average Bonchev–Trinajstić information content (AvgIpc) is 3.46. The van der Waals surface area contributed by atoms with Gasteiger partial charge < -0.3 is 15.2 Å². The number of aliphatic carboxylic acids is 2. The predicted molar refractivity (Wildman–Crippen MR) is 152 cm³/mol. The highest BCUT2D eigenvalue weighted by molar-refractivity contribution is 7.89. The smallest absolute Gasteiger partial charge is 0.481 e. The number of nitro groups is 1. The third-order valence-electron chi connectivity index (χ3n) is 6.25. The lowest BCUT2D eigenvalue weighted by atomic mass is 10.1. The molecule has 3 aromatic carbocycles. The molecule has 0 saturated heterocycles. The van der Waals surface area contributed by atoms with Crippen LogP contribution in [-0.2, 0) is 19.6 Å². The molecule has 0 radical (unpaired) electrons. The first-order valence-corrected chi connectivity index (χ1v) is 14.5. The number of H-pyrrole nitrogens is 1. The Hall–Kier alpha value is -4.83. The molecule has 0 saturated carbocycles. The Labute approximate surface area is 248 Å². The van der Waals surface area contributed by atoms with Crippen molar-refractivity contribution < 1.29 is 46.3 Å². The number of halogens is 3. The van der Waals surface area contributed by atoms with Crippen molar-refractivity contribution in [1.29, 1.82) is 0 Å². The highest BCUT2D eigenvalue weighted by Gasteiger charge is 2.38. The Morgan fingerprint density at radius 2 is 1.66 bits per heavy atom. The van der Waals surface area contributed by atoms with Gasteiger partial charge >= 0.3 is 18.1 Å². The zero-order valence-corrected chi connectivity index (χ0v) is 23.6. The number of carbonyl (C=O) groups is 2. The number of alkyl halides is 3. The lowest BCUT2D eigenvalue weighted by Crippen LogP contribution is -2.29. The number of rotatable bonds is 12. The average molecular weight is 637 g/mol. The molecule has 234 valence electrons. The number of fused-ring (bicyclic) bond motifs is 1. The minimum absolute atomic E-state index is 0.0386. The minimum Gasteiger partial charge on any atom is -0.481 e. The number of nitrogens with zero attached hydrogens (tertiary/aromatic N) is 2. The summed E-state index contributed by atoms with van der Waals surface area (Å²) in [5, 5.41) is 29.3. The van der Waals surface area contributed by atoms with Crippen LogP contribution in [0.25, 0.3) is 22.0 Å². The summed E-state index contributed by atoms with van der Waals surface area (Å²) in [4.78, 5) is 37.6. The first-order valence-electron chi connectivity index (χ1n) is 13.0. The van der Waals surface area contributed by atoms with Crippen molar-refractivity contribution in [1.82, 2.24) is 14.7 Å². The lowest BCUT2D eigenvalue weighted by Gasteiger charge is -2.17. The van der Waals surface area contributed by atoms with Gasteiger partial charge in [-0.15, -0.1) is 0 Å². The van der Waals surface area contributed by atoms with Gasteiger partial charge in [0.15, 0.2) is 0 Å². The SMILES string of the molecule is O=C(O)C(F)(F)F.O=C(O)CCCCC[C@H](NS(=O)(=O)c1cccc([N+](=O)[O-])c1)c1ncc(-c2ccc3ccccc3c2)[nH]1. The molecule has 1 atom stereocenters. The van der Waals surface area contributed by atoms with Gasteiger partial charge in [0.05, 0.1) is 27.8 Å². The maximum absolute atomic E-state index is 13.1. The zero-order chi connectivity index (χ0) is 32.5. The molecule has 44 heavy (non-hydrogen) atoms. The van der Waals surface area contributed by atoms with E-state index in [-0.39, 0.29) is 17.0 Å².